The molecule has 3 aliphatic heterocycles. The second kappa shape index (κ2) is 50.4. The molecule has 6 amide bonds. The second-order valence-corrected chi connectivity index (χ2v) is 36.0. The molecular weight excluding hydrogens is 1630 g/mol. The van der Waals surface area contributed by atoms with Crippen molar-refractivity contribution in [3.8, 4) is 0 Å². The Bertz CT molecular complexity index is 3650. The number of Topliss-reactive ketones (excluding diaryl/α,β-unsaturated/α-hetero) is 2. The summed E-state index contributed by atoms with van der Waals surface area (Å²) in [6.45, 7) is 16.9. The van der Waals surface area contributed by atoms with Crippen LogP contribution in [0.1, 0.15) is 176 Å². The topological polar surface area (TPSA) is 411 Å². The third kappa shape index (κ3) is 28.6. The Kier molecular flexibility index (Phi) is 41.1. The SMILES string of the molecule is CCCC1O[C@@H]2C[C@H]3[C@@H]4C[C@H](F)C5=CC(=O)C=C[C@]5(C)[C@@]4(F)[C@@H](O)C[C@]3(C)[C@]2(C(=O)CNC(=O)[C@H](C)CC(=O)[C@@H](NC(=O)[C@@H](CCCCNC(=O)COC2CCCCCC3=C2NNN3CCOCCOCCOCCOCCC(=O)NCC[N+](C)(C)C)NC(=O)CCOCCOCCOCCOCCNC(=O)COC2CCCCCC3=C2NNN3C)C(C)C)O1. The van der Waals surface area contributed by atoms with Gasteiger partial charge in [0.2, 0.25) is 35.4 Å². The standard InChI is InChI=1S/C88H145F2N13O22/c1-11-20-79-124-74-54-62-63-53-65(89)64-52-61(104)26-29-85(64,5)87(63,90)72(106)55-86(62,6)88(74,125-79)73(107)56-94-83(112)60(4)51-69(105)80(59(2)3)96-84(113)66(95-76(109)28-36-115-40-44-119-47-49-120-45-41-116-37-32-93-78(111)58-122-70-24-16-12-14-22-67-81(70)97-99-101(67)7)21-18-19-30-91-77(110)57-123-71-25-17-13-15-23-68-82(71)98-100-102(68)33-38-117-42-46-121-50-48-118-43-39-114-35-27-75(108)92-31-34-103(8,9)10/h26,29,52,59-60,62-63,65-66,70-72,74,79-80,97-100,106H,11-25,27-28,30-51,53-58H2,1-10H3,(H5-,91,92,93,94,95,96,108,109,110,111,112,113)/p+1/t60-,62+,63+,65+,66-,70?,71?,72+,74-,79?,80+,85+,86+,87+,88-/m1/s1. The number of ketones is 3. The zero-order valence-electron chi connectivity index (χ0n) is 75.6. The van der Waals surface area contributed by atoms with Gasteiger partial charge in [0.25, 0.3) is 0 Å². The molecule has 15 atom stereocenters. The molecule has 9 aliphatic rings. The molecule has 1 saturated heterocycles. The number of alkyl halides is 2. The van der Waals surface area contributed by atoms with Gasteiger partial charge in [0.15, 0.2) is 34.9 Å². The number of quaternary nitrogens is 1. The molecule has 3 heterocycles. The minimum absolute atomic E-state index is 0.00607. The molecule has 0 aromatic rings. The lowest BCUT2D eigenvalue weighted by atomic mass is 9.44. The van der Waals surface area contributed by atoms with Crippen LogP contribution in [0, 0.1) is 34.5 Å². The van der Waals surface area contributed by atoms with Crippen LogP contribution in [0.15, 0.2) is 46.6 Å². The van der Waals surface area contributed by atoms with Crippen molar-refractivity contribution in [2.75, 3.05) is 186 Å². The lowest BCUT2D eigenvalue weighted by Gasteiger charge is -2.63. The smallest absolute Gasteiger partial charge is 0.246 e. The third-order valence-electron chi connectivity index (χ3n) is 25.5. The van der Waals surface area contributed by atoms with E-state index in [9.17, 15) is 43.5 Å². The van der Waals surface area contributed by atoms with Crippen LogP contribution < -0.4 is 53.8 Å². The number of halogens is 2. The molecule has 0 bridgehead atoms. The van der Waals surface area contributed by atoms with E-state index >= 15 is 13.6 Å². The second-order valence-electron chi connectivity index (χ2n) is 36.0. The maximum Gasteiger partial charge on any atom is 0.246 e. The number of unbranched alkanes of at least 4 members (excludes halogenated alkanes) is 1. The van der Waals surface area contributed by atoms with Crippen LogP contribution in [-0.4, -0.2) is 319 Å². The Morgan fingerprint density at radius 1 is 0.648 bits per heavy atom. The van der Waals surface area contributed by atoms with Crippen molar-refractivity contribution in [2.45, 2.75) is 237 Å². The van der Waals surface area contributed by atoms with E-state index in [2.05, 4.69) is 75.0 Å². The first-order valence-electron chi connectivity index (χ1n) is 45.6. The molecule has 0 aromatic carbocycles. The maximum absolute atomic E-state index is 18.2. The van der Waals surface area contributed by atoms with Gasteiger partial charge in [0, 0.05) is 62.1 Å². The Balaban J connectivity index is 0.702. The van der Waals surface area contributed by atoms with Gasteiger partial charge in [-0.05, 0) is 120 Å². The van der Waals surface area contributed by atoms with Crippen molar-refractivity contribution in [2.24, 2.45) is 34.5 Å². The highest BCUT2D eigenvalue weighted by atomic mass is 19.1. The molecule has 35 nitrogen and oxygen atoms in total. The predicted octanol–water partition coefficient (Wildman–Crippen LogP) is 3.64. The average Bonchev–Trinajstić information content (AvgIpc) is 1.53. The first kappa shape index (κ1) is 102. The van der Waals surface area contributed by atoms with E-state index in [4.69, 9.17) is 56.8 Å². The first-order valence-corrected chi connectivity index (χ1v) is 45.6. The first-order chi connectivity index (χ1) is 59.9. The maximum atomic E-state index is 18.2. The molecule has 3 saturated carbocycles. The summed E-state index contributed by atoms with van der Waals surface area (Å²) in [6.07, 6.45) is 8.53. The Morgan fingerprint density at radius 3 is 1.82 bits per heavy atom. The lowest BCUT2D eigenvalue weighted by molar-refractivity contribution is -0.869. The Hall–Kier alpha value is -6.79. The van der Waals surface area contributed by atoms with Gasteiger partial charge in [-0.2, -0.15) is 0 Å². The molecule has 708 valence electrons. The molecule has 0 radical (unpaired) electrons. The highest BCUT2D eigenvalue weighted by molar-refractivity contribution is 6.01. The fraction of sp³-hybridized carbons (Fsp3) is 0.807. The van der Waals surface area contributed by atoms with Gasteiger partial charge in [-0.1, -0.05) is 72.8 Å². The van der Waals surface area contributed by atoms with Crippen molar-refractivity contribution in [1.82, 2.24) is 63.8 Å². The number of allylic oxidation sites excluding steroid dienone is 6. The van der Waals surface area contributed by atoms with E-state index < -0.39 is 124 Å². The van der Waals surface area contributed by atoms with Gasteiger partial charge in [-0.25, -0.2) is 8.78 Å². The molecule has 11 N–H and O–H groups in total. The van der Waals surface area contributed by atoms with Crippen molar-refractivity contribution in [3.63, 3.8) is 0 Å². The fourth-order valence-corrected chi connectivity index (χ4v) is 18.7. The minimum atomic E-state index is -2.42. The van der Waals surface area contributed by atoms with E-state index in [1.165, 1.54) is 26.0 Å². The number of amides is 6. The molecule has 125 heavy (non-hydrogen) atoms. The molecule has 9 rings (SSSR count). The lowest BCUT2D eigenvalue weighted by Crippen LogP contribution is -2.71. The number of hydrogen-bond acceptors (Lipinski definition) is 28. The number of hydrogen-bond donors (Lipinski definition) is 11. The minimum Gasteiger partial charge on any atom is -0.390 e. The van der Waals surface area contributed by atoms with Crippen LogP contribution in [0.25, 0.3) is 0 Å². The van der Waals surface area contributed by atoms with Gasteiger partial charge in [0.1, 0.15) is 37.6 Å². The summed E-state index contributed by atoms with van der Waals surface area (Å²) < 4.78 is 106. The van der Waals surface area contributed by atoms with Crippen LogP contribution in [0.4, 0.5) is 8.78 Å². The number of aliphatic hydroxyl groups is 1. The molecular formula is C88H146F2N13O22+. The van der Waals surface area contributed by atoms with E-state index in [-0.39, 0.29) is 120 Å². The third-order valence-corrected chi connectivity index (χ3v) is 25.5. The molecule has 37 heteroatoms. The van der Waals surface area contributed by atoms with Crippen LogP contribution >= 0.6 is 0 Å². The molecule has 3 unspecified atom stereocenters. The van der Waals surface area contributed by atoms with E-state index in [1.807, 2.05) is 24.0 Å². The summed E-state index contributed by atoms with van der Waals surface area (Å²) in [5.74, 6) is -7.30. The van der Waals surface area contributed by atoms with Crippen molar-refractivity contribution in [3.05, 3.63) is 46.6 Å². The van der Waals surface area contributed by atoms with Crippen LogP contribution in [0.5, 0.6) is 0 Å². The van der Waals surface area contributed by atoms with E-state index in [0.717, 1.165) is 97.7 Å². The van der Waals surface area contributed by atoms with E-state index in [0.29, 0.717) is 137 Å². The zero-order chi connectivity index (χ0) is 90.2. The summed E-state index contributed by atoms with van der Waals surface area (Å²) >= 11 is 0. The quantitative estimate of drug-likeness (QED) is 0.0306. The zero-order valence-corrected chi connectivity index (χ0v) is 75.6. The molecule has 4 fully saturated rings. The number of nitrogens with zero attached hydrogens (tertiary/aromatic N) is 3. The summed E-state index contributed by atoms with van der Waals surface area (Å²) in [4.78, 5) is 122. The van der Waals surface area contributed by atoms with Crippen molar-refractivity contribution >= 4 is 52.8 Å². The number of carbonyl (C=O) groups is 9. The predicted molar refractivity (Wildman–Crippen MR) is 455 cm³/mol. The molecule has 0 spiro atoms. The number of fused-ring (bicyclic) bond motifs is 7. The fourth-order valence-electron chi connectivity index (χ4n) is 18.7. The van der Waals surface area contributed by atoms with Crippen molar-refractivity contribution in [1.29, 1.82) is 0 Å². The number of nitrogens with one attached hydrogen (secondary N) is 10. The van der Waals surface area contributed by atoms with Gasteiger partial charge in [-0.3, -0.25) is 53.2 Å². The highest BCUT2D eigenvalue weighted by Crippen LogP contribution is 2.72. The van der Waals surface area contributed by atoms with Crippen LogP contribution in [0.3, 0.4) is 0 Å². The summed E-state index contributed by atoms with van der Waals surface area (Å²) in [5.41, 5.74) is 9.71. The summed E-state index contributed by atoms with van der Waals surface area (Å²) in [6, 6.07) is -2.26. The Morgan fingerprint density at radius 2 is 1.21 bits per heavy atom. The highest BCUT2D eigenvalue weighted by Gasteiger charge is 2.80. The van der Waals surface area contributed by atoms with Gasteiger partial charge >= 0.3 is 0 Å². The average molecular weight is 1780 g/mol. The molecule has 6 aliphatic carbocycles. The Labute approximate surface area is 735 Å². The number of likely N-dealkylation sites (N-methyl/N-ethyl adjacent to an activating group) is 1. The van der Waals surface area contributed by atoms with Crippen LogP contribution in [-0.2, 0) is 100.0 Å². The largest absolute Gasteiger partial charge is 0.390 e. The normalized spacial score (nSPS) is 27.2. The van der Waals surface area contributed by atoms with Crippen molar-refractivity contribution < 1.29 is 118 Å². The molecule has 0 aromatic heterocycles. The summed E-state index contributed by atoms with van der Waals surface area (Å²) in [5, 5.41) is 33.2. The number of ether oxygens (including phenoxy) is 12. The van der Waals surface area contributed by atoms with Crippen LogP contribution in [0.2, 0.25) is 0 Å². The van der Waals surface area contributed by atoms with Gasteiger partial charge in [-0.15, -0.1) is 11.1 Å². The van der Waals surface area contributed by atoms with Gasteiger partial charge in [0.05, 0.1) is 194 Å². The number of carbonyl (C=O) groups excluding carboxylic acids is 9. The number of hydrazine groups is 4. The summed E-state index contributed by atoms with van der Waals surface area (Å²) in [7, 11) is 8.18. The monoisotopic (exact) mass is 1780 g/mol. The number of rotatable bonds is 57. The number of aliphatic hydroxyl groups excluding tert-OH is 1. The van der Waals surface area contributed by atoms with E-state index in [1.54, 1.807) is 20.8 Å². The van der Waals surface area contributed by atoms with Gasteiger partial charge < -0.3 is 109 Å².